The summed E-state index contributed by atoms with van der Waals surface area (Å²) < 4.78 is 5.94. The van der Waals surface area contributed by atoms with Gasteiger partial charge in [0.05, 0.1) is 6.54 Å². The summed E-state index contributed by atoms with van der Waals surface area (Å²) in [5, 5.41) is 6.80. The molecule has 8 heteroatoms. The van der Waals surface area contributed by atoms with Crippen LogP contribution in [0.3, 0.4) is 0 Å². The Morgan fingerprint density at radius 3 is 2.73 bits per heavy atom. The number of nitrogens with zero attached hydrogens (tertiary/aromatic N) is 3. The first-order chi connectivity index (χ1) is 13.9. The van der Waals surface area contributed by atoms with Gasteiger partial charge in [0.25, 0.3) is 0 Å². The number of rotatable bonds is 9. The summed E-state index contributed by atoms with van der Waals surface area (Å²) >= 11 is 0. The quantitative estimate of drug-likeness (QED) is 0.291. The van der Waals surface area contributed by atoms with Crippen LogP contribution in [0.1, 0.15) is 32.8 Å². The average Bonchev–Trinajstić information content (AvgIpc) is 3.14. The zero-order valence-corrected chi connectivity index (χ0v) is 21.3. The van der Waals surface area contributed by atoms with Crippen molar-refractivity contribution in [3.8, 4) is 5.75 Å². The molecule has 1 heterocycles. The molecule has 1 aliphatic heterocycles. The Morgan fingerprint density at radius 1 is 1.33 bits per heavy atom. The molecular formula is C22H38IN5O2. The van der Waals surface area contributed by atoms with Gasteiger partial charge in [-0.25, -0.2) is 4.99 Å². The maximum absolute atomic E-state index is 12.2. The van der Waals surface area contributed by atoms with E-state index in [1.807, 2.05) is 51.0 Å². The molecule has 1 saturated heterocycles. The molecule has 2 rings (SSSR count). The van der Waals surface area contributed by atoms with Crippen LogP contribution in [0.4, 0.5) is 0 Å². The van der Waals surface area contributed by atoms with Crippen LogP contribution in [-0.4, -0.2) is 74.6 Å². The van der Waals surface area contributed by atoms with Crippen molar-refractivity contribution < 1.29 is 9.53 Å². The molecule has 2 N–H and O–H groups in total. The summed E-state index contributed by atoms with van der Waals surface area (Å²) in [4.78, 5) is 21.0. The SMILES string of the molecule is CCNC(=NCc1ccccc1OCCN(C)C)NC1CCN(C(=O)C(C)C)C1.I. The molecular weight excluding hydrogens is 493 g/mol. The predicted octanol–water partition coefficient (Wildman–Crippen LogP) is 2.56. The minimum atomic E-state index is 0. The van der Waals surface area contributed by atoms with Crippen LogP contribution in [0.2, 0.25) is 0 Å². The van der Waals surface area contributed by atoms with Gasteiger partial charge in [0.2, 0.25) is 5.91 Å². The van der Waals surface area contributed by atoms with Crippen molar-refractivity contribution in [1.29, 1.82) is 0 Å². The second kappa shape index (κ2) is 13.7. The zero-order valence-electron chi connectivity index (χ0n) is 19.0. The van der Waals surface area contributed by atoms with E-state index in [4.69, 9.17) is 9.73 Å². The van der Waals surface area contributed by atoms with Gasteiger partial charge in [-0.2, -0.15) is 0 Å². The molecule has 170 valence electrons. The second-order valence-corrected chi connectivity index (χ2v) is 8.02. The van der Waals surface area contributed by atoms with E-state index in [9.17, 15) is 4.79 Å². The second-order valence-electron chi connectivity index (χ2n) is 8.02. The summed E-state index contributed by atoms with van der Waals surface area (Å²) in [6.07, 6.45) is 0.938. The number of guanidine groups is 1. The normalized spacial score (nSPS) is 16.6. The Labute approximate surface area is 198 Å². The van der Waals surface area contributed by atoms with Gasteiger partial charge in [-0.3, -0.25) is 4.79 Å². The Bertz CT molecular complexity index is 681. The van der Waals surface area contributed by atoms with E-state index in [2.05, 4.69) is 28.5 Å². The molecule has 0 aromatic heterocycles. The lowest BCUT2D eigenvalue weighted by Crippen LogP contribution is -2.45. The number of likely N-dealkylation sites (N-methyl/N-ethyl adjacent to an activating group) is 1. The van der Waals surface area contributed by atoms with E-state index < -0.39 is 0 Å². The van der Waals surface area contributed by atoms with Crippen molar-refractivity contribution in [2.75, 3.05) is 46.9 Å². The minimum absolute atomic E-state index is 0. The van der Waals surface area contributed by atoms with Gasteiger partial charge < -0.3 is 25.2 Å². The van der Waals surface area contributed by atoms with E-state index in [-0.39, 0.29) is 41.8 Å². The smallest absolute Gasteiger partial charge is 0.225 e. The lowest BCUT2D eigenvalue weighted by atomic mass is 10.2. The van der Waals surface area contributed by atoms with Gasteiger partial charge in [0.1, 0.15) is 12.4 Å². The summed E-state index contributed by atoms with van der Waals surface area (Å²) in [5.41, 5.74) is 1.06. The molecule has 0 radical (unpaired) electrons. The summed E-state index contributed by atoms with van der Waals surface area (Å²) in [6, 6.07) is 8.27. The van der Waals surface area contributed by atoms with Crippen LogP contribution in [0.25, 0.3) is 0 Å². The lowest BCUT2D eigenvalue weighted by molar-refractivity contribution is -0.133. The Hall–Kier alpha value is -1.55. The van der Waals surface area contributed by atoms with E-state index in [0.29, 0.717) is 13.2 Å². The van der Waals surface area contributed by atoms with Crippen molar-refractivity contribution in [2.45, 2.75) is 39.8 Å². The predicted molar refractivity (Wildman–Crippen MR) is 134 cm³/mol. The highest BCUT2D eigenvalue weighted by atomic mass is 127. The number of halogens is 1. The molecule has 1 aromatic rings. The number of amides is 1. The van der Waals surface area contributed by atoms with E-state index in [1.165, 1.54) is 0 Å². The van der Waals surface area contributed by atoms with Crippen molar-refractivity contribution in [2.24, 2.45) is 10.9 Å². The summed E-state index contributed by atoms with van der Waals surface area (Å²) in [6.45, 7) is 10.3. The van der Waals surface area contributed by atoms with Crippen LogP contribution in [-0.2, 0) is 11.3 Å². The number of hydrogen-bond donors (Lipinski definition) is 2. The van der Waals surface area contributed by atoms with Gasteiger partial charge in [-0.15, -0.1) is 24.0 Å². The number of benzene rings is 1. The fraction of sp³-hybridized carbons (Fsp3) is 0.636. The Balaban J connectivity index is 0.00000450. The van der Waals surface area contributed by atoms with Crippen LogP contribution < -0.4 is 15.4 Å². The van der Waals surface area contributed by atoms with Crippen molar-refractivity contribution in [1.82, 2.24) is 20.4 Å². The van der Waals surface area contributed by atoms with E-state index in [0.717, 1.165) is 49.9 Å². The van der Waals surface area contributed by atoms with Crippen LogP contribution in [0.5, 0.6) is 5.75 Å². The van der Waals surface area contributed by atoms with Gasteiger partial charge >= 0.3 is 0 Å². The van der Waals surface area contributed by atoms with Gasteiger partial charge in [0, 0.05) is 43.7 Å². The molecule has 0 saturated carbocycles. The maximum Gasteiger partial charge on any atom is 0.225 e. The standard InChI is InChI=1S/C22H37N5O2.HI/c1-6-23-22(25-19-11-12-27(16-19)21(28)17(2)3)24-15-18-9-7-8-10-20(18)29-14-13-26(4)5;/h7-10,17,19H,6,11-16H2,1-5H3,(H2,23,24,25);1H. The third-order valence-corrected chi connectivity index (χ3v) is 4.86. The maximum atomic E-state index is 12.2. The van der Waals surface area contributed by atoms with Crippen LogP contribution in [0.15, 0.2) is 29.3 Å². The number of hydrogen-bond acceptors (Lipinski definition) is 4. The molecule has 7 nitrogen and oxygen atoms in total. The fourth-order valence-corrected chi connectivity index (χ4v) is 3.23. The number of para-hydroxylation sites is 1. The molecule has 1 fully saturated rings. The first-order valence-corrected chi connectivity index (χ1v) is 10.6. The van der Waals surface area contributed by atoms with Crippen molar-refractivity contribution in [3.05, 3.63) is 29.8 Å². The minimum Gasteiger partial charge on any atom is -0.492 e. The number of carbonyl (C=O) groups excluding carboxylic acids is 1. The summed E-state index contributed by atoms with van der Waals surface area (Å²) in [7, 11) is 4.07. The monoisotopic (exact) mass is 531 g/mol. The van der Waals surface area contributed by atoms with E-state index >= 15 is 0 Å². The number of likely N-dealkylation sites (tertiary alicyclic amines) is 1. The lowest BCUT2D eigenvalue weighted by Gasteiger charge is -2.20. The molecule has 1 aromatic carbocycles. The highest BCUT2D eigenvalue weighted by molar-refractivity contribution is 14.0. The molecule has 1 atom stereocenters. The number of aliphatic imine (C=N–C) groups is 1. The van der Waals surface area contributed by atoms with E-state index in [1.54, 1.807) is 0 Å². The average molecular weight is 531 g/mol. The third-order valence-electron chi connectivity index (χ3n) is 4.86. The van der Waals surface area contributed by atoms with Crippen molar-refractivity contribution in [3.63, 3.8) is 0 Å². The first-order valence-electron chi connectivity index (χ1n) is 10.6. The van der Waals surface area contributed by atoms with Crippen LogP contribution in [0, 0.1) is 5.92 Å². The molecule has 1 aliphatic rings. The Morgan fingerprint density at radius 2 is 2.07 bits per heavy atom. The third kappa shape index (κ3) is 8.67. The largest absolute Gasteiger partial charge is 0.492 e. The molecule has 0 bridgehead atoms. The fourth-order valence-electron chi connectivity index (χ4n) is 3.23. The topological polar surface area (TPSA) is 69.2 Å². The highest BCUT2D eigenvalue weighted by Crippen LogP contribution is 2.19. The number of carbonyl (C=O) groups is 1. The molecule has 30 heavy (non-hydrogen) atoms. The van der Waals surface area contributed by atoms with Crippen molar-refractivity contribution >= 4 is 35.8 Å². The van der Waals surface area contributed by atoms with Gasteiger partial charge in [0.15, 0.2) is 5.96 Å². The Kier molecular flexibility index (Phi) is 12.1. The molecule has 1 unspecified atom stereocenters. The number of ether oxygens (including phenoxy) is 1. The first kappa shape index (κ1) is 26.5. The zero-order chi connectivity index (χ0) is 21.2. The number of nitrogens with one attached hydrogen (secondary N) is 2. The molecule has 0 spiro atoms. The van der Waals surface area contributed by atoms with Crippen LogP contribution >= 0.6 is 24.0 Å². The molecule has 0 aliphatic carbocycles. The van der Waals surface area contributed by atoms with Gasteiger partial charge in [-0.1, -0.05) is 32.0 Å². The van der Waals surface area contributed by atoms with Gasteiger partial charge in [-0.05, 0) is 33.5 Å². The summed E-state index contributed by atoms with van der Waals surface area (Å²) in [5.74, 6) is 1.92. The highest BCUT2D eigenvalue weighted by Gasteiger charge is 2.27. The molecule has 1 amide bonds.